The number of hydrogen-bond acceptors (Lipinski definition) is 4. The molecule has 1 aromatic heterocycles. The van der Waals surface area contributed by atoms with Crippen molar-refractivity contribution in [2.75, 3.05) is 0 Å². The van der Waals surface area contributed by atoms with Crippen molar-refractivity contribution in [3.8, 4) is 11.1 Å². The number of nitrogens with zero attached hydrogens (tertiary/aromatic N) is 3. The van der Waals surface area contributed by atoms with Crippen LogP contribution in [0, 0.1) is 0 Å². The Morgan fingerprint density at radius 2 is 1.57 bits per heavy atom. The predicted octanol–water partition coefficient (Wildman–Crippen LogP) is 3.85. The highest BCUT2D eigenvalue weighted by atomic mass is 16.2. The molecule has 1 heterocycles. The SMILES string of the molecule is CCn1nc(C(=O)N/N=C/c2ccc(-c3ccccc3)cc2)c2ccccc2c1=O. The van der Waals surface area contributed by atoms with E-state index < -0.39 is 5.91 Å². The number of rotatable bonds is 5. The first-order chi connectivity index (χ1) is 14.7. The Balaban J connectivity index is 1.53. The monoisotopic (exact) mass is 396 g/mol. The Hall–Kier alpha value is -4.06. The van der Waals surface area contributed by atoms with Crippen molar-refractivity contribution in [1.82, 2.24) is 15.2 Å². The molecule has 148 valence electrons. The Morgan fingerprint density at radius 1 is 0.933 bits per heavy atom. The second kappa shape index (κ2) is 8.53. The maximum absolute atomic E-state index is 12.7. The number of hydrazone groups is 1. The van der Waals surface area contributed by atoms with Crippen molar-refractivity contribution in [2.24, 2.45) is 5.10 Å². The van der Waals surface area contributed by atoms with Crippen LogP contribution in [-0.2, 0) is 6.54 Å². The summed E-state index contributed by atoms with van der Waals surface area (Å²) < 4.78 is 1.28. The molecule has 30 heavy (non-hydrogen) atoms. The van der Waals surface area contributed by atoms with Crippen LogP contribution >= 0.6 is 0 Å². The molecule has 1 amide bonds. The summed E-state index contributed by atoms with van der Waals surface area (Å²) in [5.74, 6) is -0.467. The molecule has 0 fully saturated rings. The van der Waals surface area contributed by atoms with Crippen LogP contribution in [0.15, 0.2) is 88.8 Å². The first kappa shape index (κ1) is 19.3. The number of aryl methyl sites for hydroxylation is 1. The molecule has 4 rings (SSSR count). The summed E-state index contributed by atoms with van der Waals surface area (Å²) >= 11 is 0. The lowest BCUT2D eigenvalue weighted by Crippen LogP contribution is -2.28. The molecule has 0 spiro atoms. The van der Waals surface area contributed by atoms with Crippen molar-refractivity contribution >= 4 is 22.9 Å². The highest BCUT2D eigenvalue weighted by molar-refractivity contribution is 6.05. The van der Waals surface area contributed by atoms with E-state index in [2.05, 4.69) is 27.8 Å². The molecule has 4 aromatic rings. The molecule has 0 saturated carbocycles. The maximum Gasteiger partial charge on any atom is 0.292 e. The quantitative estimate of drug-likeness (QED) is 0.411. The fourth-order valence-corrected chi connectivity index (χ4v) is 3.23. The Bertz CT molecular complexity index is 1280. The predicted molar refractivity (Wildman–Crippen MR) is 119 cm³/mol. The third-order valence-corrected chi connectivity index (χ3v) is 4.78. The fraction of sp³-hybridized carbons (Fsp3) is 0.0833. The zero-order valence-corrected chi connectivity index (χ0v) is 16.4. The van der Waals surface area contributed by atoms with Crippen LogP contribution in [0.2, 0.25) is 0 Å². The minimum Gasteiger partial charge on any atom is -0.267 e. The van der Waals surface area contributed by atoms with Gasteiger partial charge in [-0.25, -0.2) is 10.1 Å². The third kappa shape index (κ3) is 3.89. The van der Waals surface area contributed by atoms with E-state index >= 15 is 0 Å². The van der Waals surface area contributed by atoms with Gasteiger partial charge in [-0.15, -0.1) is 0 Å². The van der Waals surface area contributed by atoms with Crippen molar-refractivity contribution in [3.05, 3.63) is 100 Å². The van der Waals surface area contributed by atoms with Gasteiger partial charge < -0.3 is 0 Å². The molecule has 6 heteroatoms. The lowest BCUT2D eigenvalue weighted by molar-refractivity contribution is 0.0949. The number of nitrogens with one attached hydrogen (secondary N) is 1. The zero-order chi connectivity index (χ0) is 20.9. The van der Waals surface area contributed by atoms with Crippen LogP contribution < -0.4 is 11.0 Å². The summed E-state index contributed by atoms with van der Waals surface area (Å²) in [5, 5.41) is 9.23. The Kier molecular flexibility index (Phi) is 5.48. The van der Waals surface area contributed by atoms with Gasteiger partial charge in [0.15, 0.2) is 5.69 Å². The van der Waals surface area contributed by atoms with Gasteiger partial charge in [0.25, 0.3) is 11.5 Å². The number of aromatic nitrogens is 2. The molecular formula is C24H20N4O2. The van der Waals surface area contributed by atoms with Crippen molar-refractivity contribution in [2.45, 2.75) is 13.5 Å². The van der Waals surface area contributed by atoms with Gasteiger partial charge in [-0.3, -0.25) is 9.59 Å². The minimum absolute atomic E-state index is 0.170. The molecule has 3 aromatic carbocycles. The second-order valence-electron chi connectivity index (χ2n) is 6.70. The first-order valence-corrected chi connectivity index (χ1v) is 9.66. The summed E-state index contributed by atoms with van der Waals surface area (Å²) in [6.07, 6.45) is 1.57. The van der Waals surface area contributed by atoms with Crippen LogP contribution in [0.1, 0.15) is 23.0 Å². The van der Waals surface area contributed by atoms with Crippen LogP contribution in [-0.4, -0.2) is 21.9 Å². The zero-order valence-electron chi connectivity index (χ0n) is 16.4. The van der Waals surface area contributed by atoms with E-state index in [0.717, 1.165) is 16.7 Å². The van der Waals surface area contributed by atoms with Gasteiger partial charge in [-0.05, 0) is 29.7 Å². The Labute approximate surface area is 173 Å². The molecular weight excluding hydrogens is 376 g/mol. The molecule has 0 atom stereocenters. The highest BCUT2D eigenvalue weighted by Crippen LogP contribution is 2.18. The summed E-state index contributed by atoms with van der Waals surface area (Å²) in [6, 6.07) is 24.9. The second-order valence-corrected chi connectivity index (χ2v) is 6.70. The molecule has 0 bridgehead atoms. The number of carbonyl (C=O) groups excluding carboxylic acids is 1. The third-order valence-electron chi connectivity index (χ3n) is 4.78. The molecule has 0 aliphatic rings. The molecule has 0 aliphatic heterocycles. The highest BCUT2D eigenvalue weighted by Gasteiger charge is 2.15. The van der Waals surface area contributed by atoms with Crippen molar-refractivity contribution < 1.29 is 4.79 Å². The van der Waals surface area contributed by atoms with E-state index in [4.69, 9.17) is 0 Å². The van der Waals surface area contributed by atoms with Gasteiger partial charge in [-0.2, -0.15) is 10.2 Å². The average molecular weight is 396 g/mol. The smallest absolute Gasteiger partial charge is 0.267 e. The van der Waals surface area contributed by atoms with Crippen LogP contribution in [0.3, 0.4) is 0 Å². The van der Waals surface area contributed by atoms with Gasteiger partial charge in [0.05, 0.1) is 11.6 Å². The molecule has 0 unspecified atom stereocenters. The van der Waals surface area contributed by atoms with Gasteiger partial charge in [0, 0.05) is 11.9 Å². The molecule has 6 nitrogen and oxygen atoms in total. The maximum atomic E-state index is 12.7. The Morgan fingerprint density at radius 3 is 2.27 bits per heavy atom. The number of hydrogen-bond donors (Lipinski definition) is 1. The normalized spacial score (nSPS) is 11.1. The van der Waals surface area contributed by atoms with Crippen LogP contribution in [0.25, 0.3) is 21.9 Å². The lowest BCUT2D eigenvalue weighted by atomic mass is 10.0. The summed E-state index contributed by atoms with van der Waals surface area (Å²) in [4.78, 5) is 25.1. The van der Waals surface area contributed by atoms with E-state index in [1.807, 2.05) is 49.4 Å². The molecule has 0 radical (unpaired) electrons. The van der Waals surface area contributed by atoms with Gasteiger partial charge in [0.2, 0.25) is 0 Å². The topological polar surface area (TPSA) is 76.3 Å². The number of fused-ring (bicyclic) bond motifs is 1. The van der Waals surface area contributed by atoms with Crippen molar-refractivity contribution in [1.29, 1.82) is 0 Å². The number of amides is 1. The molecule has 0 saturated heterocycles. The van der Waals surface area contributed by atoms with E-state index in [1.165, 1.54) is 4.68 Å². The van der Waals surface area contributed by atoms with Gasteiger partial charge >= 0.3 is 0 Å². The van der Waals surface area contributed by atoms with E-state index in [-0.39, 0.29) is 11.3 Å². The summed E-state index contributed by atoms with van der Waals surface area (Å²) in [6.45, 7) is 2.18. The van der Waals surface area contributed by atoms with Gasteiger partial charge in [-0.1, -0.05) is 72.8 Å². The van der Waals surface area contributed by atoms with E-state index in [9.17, 15) is 9.59 Å². The minimum atomic E-state index is -0.467. The fourth-order valence-electron chi connectivity index (χ4n) is 3.23. The summed E-state index contributed by atoms with van der Waals surface area (Å²) in [5.41, 5.74) is 5.56. The largest absolute Gasteiger partial charge is 0.292 e. The van der Waals surface area contributed by atoms with Crippen LogP contribution in [0.4, 0.5) is 0 Å². The molecule has 0 aliphatic carbocycles. The number of benzene rings is 3. The average Bonchev–Trinajstić information content (AvgIpc) is 2.80. The standard InChI is InChI=1S/C24H20N4O2/c1-2-28-24(30)21-11-7-6-10-20(21)22(27-28)23(29)26-25-16-17-12-14-19(15-13-17)18-8-4-3-5-9-18/h3-16H,2H2,1H3,(H,26,29)/b25-16+. The lowest BCUT2D eigenvalue weighted by Gasteiger charge is -2.08. The van der Waals surface area contributed by atoms with Crippen molar-refractivity contribution in [3.63, 3.8) is 0 Å². The van der Waals surface area contributed by atoms with E-state index in [0.29, 0.717) is 17.3 Å². The molecule has 1 N–H and O–H groups in total. The first-order valence-electron chi connectivity index (χ1n) is 9.66. The van der Waals surface area contributed by atoms with Crippen LogP contribution in [0.5, 0.6) is 0 Å². The van der Waals surface area contributed by atoms with E-state index in [1.54, 1.807) is 30.5 Å². The van der Waals surface area contributed by atoms with Gasteiger partial charge in [0.1, 0.15) is 0 Å². The number of carbonyl (C=O) groups is 1. The summed E-state index contributed by atoms with van der Waals surface area (Å²) in [7, 11) is 0.